The molecule has 0 aromatic heterocycles. The Hall–Kier alpha value is -1.93. The molecule has 0 saturated heterocycles. The summed E-state index contributed by atoms with van der Waals surface area (Å²) < 4.78 is 42.9. The minimum atomic E-state index is -0.477. The minimum Gasteiger partial charge on any atom is -0.460 e. The maximum absolute atomic E-state index is 11.5. The van der Waals surface area contributed by atoms with E-state index in [1.807, 2.05) is 20.8 Å². The fourth-order valence-electron chi connectivity index (χ4n) is 2.78. The van der Waals surface area contributed by atoms with Crippen LogP contribution in [0.1, 0.15) is 27.2 Å². The molecule has 0 unspecified atom stereocenters. The quantitative estimate of drug-likeness (QED) is 0.0991. The average Bonchev–Trinajstić information content (AvgIpc) is 3.15. The molecule has 2 amide bonds. The van der Waals surface area contributed by atoms with Crippen LogP contribution in [0.5, 0.6) is 0 Å². The Bertz CT molecular complexity index is 646. The molecule has 1 aliphatic heterocycles. The lowest BCUT2D eigenvalue weighted by Crippen LogP contribution is -2.33. The number of hydrogen-bond acceptors (Lipinski definition) is 11. The minimum absolute atomic E-state index is 0.226. The zero-order valence-electron chi connectivity index (χ0n) is 22.4. The molecule has 0 aromatic carbocycles. The second kappa shape index (κ2) is 21.1. The molecular formula is C25H43NO11. The number of ether oxygens (including phenoxy) is 8. The second-order valence-electron chi connectivity index (χ2n) is 8.78. The summed E-state index contributed by atoms with van der Waals surface area (Å²) in [6.45, 7) is 11.6. The van der Waals surface area contributed by atoms with Crippen molar-refractivity contribution in [3.8, 4) is 0 Å². The zero-order valence-corrected chi connectivity index (χ0v) is 22.4. The van der Waals surface area contributed by atoms with Crippen LogP contribution in [0.4, 0.5) is 0 Å². The van der Waals surface area contributed by atoms with Gasteiger partial charge in [0.25, 0.3) is 11.8 Å². The van der Waals surface area contributed by atoms with Crippen LogP contribution in [0.25, 0.3) is 0 Å². The van der Waals surface area contributed by atoms with Gasteiger partial charge in [-0.25, -0.2) is 0 Å². The number of rotatable bonds is 24. The monoisotopic (exact) mass is 533 g/mol. The standard InChI is InChI=1S/C25H43NO11/c1-25(2,3)37-24(29)6-8-30-10-12-32-14-16-34-18-20-36-21-19-35-17-15-33-13-11-31-9-7-26-22(27)4-5-23(26)28/h4-5H,6-21H2,1-3H3. The van der Waals surface area contributed by atoms with E-state index in [0.29, 0.717) is 85.9 Å². The molecule has 0 N–H and O–H groups in total. The van der Waals surface area contributed by atoms with E-state index in [1.54, 1.807) is 0 Å². The maximum Gasteiger partial charge on any atom is 0.308 e. The summed E-state index contributed by atoms with van der Waals surface area (Å²) in [6.07, 6.45) is 2.73. The van der Waals surface area contributed by atoms with Gasteiger partial charge in [0.05, 0.1) is 105 Å². The van der Waals surface area contributed by atoms with Crippen molar-refractivity contribution in [3.05, 3.63) is 12.2 Å². The molecule has 0 bridgehead atoms. The van der Waals surface area contributed by atoms with Crippen molar-refractivity contribution < 1.29 is 52.3 Å². The Balaban J connectivity index is 1.69. The number of esters is 1. The summed E-state index contributed by atoms with van der Waals surface area (Å²) in [5, 5.41) is 0. The van der Waals surface area contributed by atoms with Gasteiger partial charge in [-0.2, -0.15) is 0 Å². The Morgan fingerprint density at radius 2 is 0.919 bits per heavy atom. The first-order valence-corrected chi connectivity index (χ1v) is 12.6. The first-order valence-electron chi connectivity index (χ1n) is 12.6. The predicted octanol–water partition coefficient (Wildman–Crippen LogP) is 0.759. The lowest BCUT2D eigenvalue weighted by Gasteiger charge is -2.19. The summed E-state index contributed by atoms with van der Waals surface area (Å²) in [5.41, 5.74) is -0.477. The molecule has 1 rings (SSSR count). The lowest BCUT2D eigenvalue weighted by molar-refractivity contribution is -0.156. The lowest BCUT2D eigenvalue weighted by atomic mass is 10.2. The third-order valence-electron chi connectivity index (χ3n) is 4.46. The zero-order chi connectivity index (χ0) is 27.2. The van der Waals surface area contributed by atoms with Gasteiger partial charge < -0.3 is 37.9 Å². The molecule has 0 atom stereocenters. The first kappa shape index (κ1) is 33.1. The van der Waals surface area contributed by atoms with Crippen LogP contribution < -0.4 is 0 Å². The van der Waals surface area contributed by atoms with Gasteiger partial charge in [-0.3, -0.25) is 19.3 Å². The Morgan fingerprint density at radius 3 is 1.27 bits per heavy atom. The fraction of sp³-hybridized carbons (Fsp3) is 0.800. The highest BCUT2D eigenvalue weighted by Crippen LogP contribution is 2.08. The Morgan fingerprint density at radius 1 is 0.595 bits per heavy atom. The molecule has 0 saturated carbocycles. The summed E-state index contributed by atoms with van der Waals surface area (Å²) in [6, 6.07) is 0. The van der Waals surface area contributed by atoms with Crippen molar-refractivity contribution in [3.63, 3.8) is 0 Å². The van der Waals surface area contributed by atoms with Crippen LogP contribution in [0.3, 0.4) is 0 Å². The van der Waals surface area contributed by atoms with Crippen molar-refractivity contribution in [2.24, 2.45) is 0 Å². The molecule has 0 aliphatic carbocycles. The largest absolute Gasteiger partial charge is 0.460 e. The van der Waals surface area contributed by atoms with Gasteiger partial charge in [0.15, 0.2) is 0 Å². The smallest absolute Gasteiger partial charge is 0.308 e. The number of carbonyl (C=O) groups is 3. The van der Waals surface area contributed by atoms with Crippen LogP contribution in [0.15, 0.2) is 12.2 Å². The van der Waals surface area contributed by atoms with Gasteiger partial charge in [-0.1, -0.05) is 0 Å². The summed E-state index contributed by atoms with van der Waals surface area (Å²) in [5.74, 6) is -0.889. The van der Waals surface area contributed by atoms with Crippen molar-refractivity contribution in [2.45, 2.75) is 32.8 Å². The summed E-state index contributed by atoms with van der Waals surface area (Å²) in [7, 11) is 0. The number of hydrogen-bond donors (Lipinski definition) is 0. The molecule has 214 valence electrons. The van der Waals surface area contributed by atoms with Crippen LogP contribution in [0, 0.1) is 0 Å². The summed E-state index contributed by atoms with van der Waals surface area (Å²) >= 11 is 0. The van der Waals surface area contributed by atoms with E-state index in [4.69, 9.17) is 37.9 Å². The summed E-state index contributed by atoms with van der Waals surface area (Å²) in [4.78, 5) is 35.4. The molecule has 0 aromatic rings. The SMILES string of the molecule is CC(C)(C)OC(=O)CCOCCOCCOCCOCCOCCOCCOCCN1C(=O)C=CC1=O. The van der Waals surface area contributed by atoms with Gasteiger partial charge in [0, 0.05) is 12.2 Å². The topological polar surface area (TPSA) is 128 Å². The normalized spacial score (nSPS) is 13.6. The molecular weight excluding hydrogens is 490 g/mol. The highest BCUT2D eigenvalue weighted by molar-refractivity contribution is 6.12. The highest BCUT2D eigenvalue weighted by atomic mass is 16.6. The molecule has 37 heavy (non-hydrogen) atoms. The van der Waals surface area contributed by atoms with Crippen molar-refractivity contribution in [2.75, 3.05) is 99.0 Å². The van der Waals surface area contributed by atoms with Gasteiger partial charge in [-0.15, -0.1) is 0 Å². The van der Waals surface area contributed by atoms with Crippen molar-refractivity contribution in [1.82, 2.24) is 4.90 Å². The molecule has 1 aliphatic rings. The third-order valence-corrected chi connectivity index (χ3v) is 4.46. The van der Waals surface area contributed by atoms with E-state index < -0.39 is 5.60 Å². The highest BCUT2D eigenvalue weighted by Gasteiger charge is 2.22. The van der Waals surface area contributed by atoms with Crippen LogP contribution in [-0.2, 0) is 52.3 Å². The Labute approximate surface area is 219 Å². The molecule has 0 radical (unpaired) electrons. The van der Waals surface area contributed by atoms with E-state index in [2.05, 4.69) is 0 Å². The number of nitrogens with zero attached hydrogens (tertiary/aromatic N) is 1. The first-order chi connectivity index (χ1) is 17.8. The molecule has 1 heterocycles. The van der Waals surface area contributed by atoms with E-state index in [1.165, 1.54) is 12.2 Å². The van der Waals surface area contributed by atoms with Crippen LogP contribution in [0.2, 0.25) is 0 Å². The van der Waals surface area contributed by atoms with Gasteiger partial charge in [0.1, 0.15) is 5.60 Å². The van der Waals surface area contributed by atoms with Crippen LogP contribution >= 0.6 is 0 Å². The van der Waals surface area contributed by atoms with Crippen molar-refractivity contribution >= 4 is 17.8 Å². The average molecular weight is 534 g/mol. The maximum atomic E-state index is 11.5. The third kappa shape index (κ3) is 19.8. The van der Waals surface area contributed by atoms with E-state index in [-0.39, 0.29) is 37.4 Å². The molecule has 12 nitrogen and oxygen atoms in total. The van der Waals surface area contributed by atoms with Gasteiger partial charge in [0.2, 0.25) is 0 Å². The molecule has 0 spiro atoms. The van der Waals surface area contributed by atoms with E-state index >= 15 is 0 Å². The van der Waals surface area contributed by atoms with Crippen LogP contribution in [-0.4, -0.2) is 127 Å². The molecule has 0 fully saturated rings. The second-order valence-corrected chi connectivity index (χ2v) is 8.78. The fourth-order valence-corrected chi connectivity index (χ4v) is 2.78. The van der Waals surface area contributed by atoms with Gasteiger partial charge >= 0.3 is 5.97 Å². The number of imide groups is 1. The molecule has 12 heteroatoms. The van der Waals surface area contributed by atoms with Crippen molar-refractivity contribution in [1.29, 1.82) is 0 Å². The number of carbonyl (C=O) groups excluding carboxylic acids is 3. The van der Waals surface area contributed by atoms with E-state index in [9.17, 15) is 14.4 Å². The predicted molar refractivity (Wildman–Crippen MR) is 132 cm³/mol. The Kier molecular flexibility index (Phi) is 18.8. The van der Waals surface area contributed by atoms with E-state index in [0.717, 1.165) is 4.90 Å². The van der Waals surface area contributed by atoms with Gasteiger partial charge in [-0.05, 0) is 20.8 Å². The number of amides is 2.